The number of hydrogen-bond donors (Lipinski definition) is 3. The van der Waals surface area contributed by atoms with Gasteiger partial charge in [-0.25, -0.2) is 32.3 Å². The van der Waals surface area contributed by atoms with Gasteiger partial charge in [-0.2, -0.15) is 52.7 Å². The Hall–Kier alpha value is -4.17. The Labute approximate surface area is 361 Å². The predicted molar refractivity (Wildman–Crippen MR) is 203 cm³/mol. The van der Waals surface area contributed by atoms with Gasteiger partial charge in [-0.05, 0) is 91.9 Å². The summed E-state index contributed by atoms with van der Waals surface area (Å²) in [6.07, 6.45) is -14.1. The fraction of sp³-hybridized carbons (Fsp3) is 0.684. The number of nitrogens with one attached hydrogen (secondary N) is 1. The van der Waals surface area contributed by atoms with E-state index in [0.29, 0.717) is 25.3 Å². The van der Waals surface area contributed by atoms with Gasteiger partial charge in [-0.15, -0.1) is 0 Å². The van der Waals surface area contributed by atoms with Gasteiger partial charge in [0.2, 0.25) is 0 Å². The van der Waals surface area contributed by atoms with Crippen molar-refractivity contribution in [3.05, 3.63) is 48.6 Å². The van der Waals surface area contributed by atoms with Crippen LogP contribution < -0.4 is 4.72 Å². The van der Waals surface area contributed by atoms with Crippen molar-refractivity contribution < 1.29 is 109 Å². The van der Waals surface area contributed by atoms with Crippen molar-refractivity contribution in [2.24, 2.45) is 17.8 Å². The van der Waals surface area contributed by atoms with Crippen LogP contribution in [-0.4, -0.2) is 110 Å². The number of rotatable bonds is 15. The van der Waals surface area contributed by atoms with Crippen molar-refractivity contribution in [3.8, 4) is 0 Å². The molecule has 3 N–H and O–H groups in total. The number of halogens is 12. The number of hydrogen-bond acceptors (Lipinski definition) is 12. The Kier molecular flexibility index (Phi) is 23.6. The van der Waals surface area contributed by atoms with Gasteiger partial charge >= 0.3 is 57.9 Å². The summed E-state index contributed by atoms with van der Waals surface area (Å²) >= 11 is 0. The average molecular weight is 976 g/mol. The van der Waals surface area contributed by atoms with Crippen LogP contribution in [0, 0.1) is 17.8 Å². The Morgan fingerprint density at radius 3 is 1.47 bits per heavy atom. The van der Waals surface area contributed by atoms with Crippen LogP contribution in [0.15, 0.2) is 48.6 Å². The Bertz CT molecular complexity index is 1770. The normalized spacial score (nSPS) is 20.6. The van der Waals surface area contributed by atoms with E-state index in [1.807, 2.05) is 0 Å². The minimum absolute atomic E-state index is 0.0470. The molecule has 26 heteroatoms. The Morgan fingerprint density at radius 2 is 1.11 bits per heavy atom. The molecule has 7 atom stereocenters. The summed E-state index contributed by atoms with van der Waals surface area (Å²) in [6, 6.07) is 0. The maximum Gasteiger partial charge on any atom is 0.511 e. The highest BCUT2D eigenvalue weighted by molar-refractivity contribution is 7.90. The van der Waals surface area contributed by atoms with E-state index in [1.165, 1.54) is 32.4 Å². The number of fused-ring (bicyclic) bond motifs is 2. The number of sulfonamides is 1. The minimum Gasteiger partial charge on any atom is -0.461 e. The van der Waals surface area contributed by atoms with Crippen LogP contribution in [0.4, 0.5) is 52.7 Å². The van der Waals surface area contributed by atoms with Gasteiger partial charge in [0, 0.05) is 35.3 Å². The molecule has 13 nitrogen and oxygen atoms in total. The van der Waals surface area contributed by atoms with E-state index >= 15 is 0 Å². The van der Waals surface area contributed by atoms with Gasteiger partial charge in [-0.1, -0.05) is 26.3 Å². The number of carbonyl (C=O) groups excluding carboxylic acids is 4. The fourth-order valence-electron chi connectivity index (χ4n) is 5.40. The largest absolute Gasteiger partial charge is 0.511 e. The van der Waals surface area contributed by atoms with Crippen molar-refractivity contribution in [3.63, 3.8) is 0 Å². The number of alkyl halides is 12. The Balaban J connectivity index is 0. The summed E-state index contributed by atoms with van der Waals surface area (Å²) < 4.78 is 185. The molecule has 64 heavy (non-hydrogen) atoms. The van der Waals surface area contributed by atoms with E-state index in [1.54, 1.807) is 6.92 Å². The first-order chi connectivity index (χ1) is 28.4. The smallest absolute Gasteiger partial charge is 0.461 e. The quantitative estimate of drug-likeness (QED) is 0.0479. The molecule has 7 unspecified atom stereocenters. The van der Waals surface area contributed by atoms with Gasteiger partial charge in [0.1, 0.15) is 18.8 Å². The Morgan fingerprint density at radius 1 is 0.672 bits per heavy atom. The summed E-state index contributed by atoms with van der Waals surface area (Å²) in [6.45, 7) is 18.8. The van der Waals surface area contributed by atoms with Crippen molar-refractivity contribution in [2.45, 2.75) is 128 Å². The summed E-state index contributed by atoms with van der Waals surface area (Å²) in [7, 11) is -5.38. The second-order valence-electron chi connectivity index (χ2n) is 15.4. The van der Waals surface area contributed by atoms with Crippen LogP contribution in [0.25, 0.3) is 0 Å². The molecule has 2 aliphatic rings. The molecule has 2 aliphatic carbocycles. The first-order valence-corrected chi connectivity index (χ1v) is 20.0. The summed E-state index contributed by atoms with van der Waals surface area (Å²) in [5, 5.41) is 18.7. The van der Waals surface area contributed by atoms with Crippen LogP contribution >= 0.6 is 0 Å². The second kappa shape index (κ2) is 24.4. The zero-order chi connectivity index (χ0) is 51.2. The molecule has 0 heterocycles. The maximum absolute atomic E-state index is 12.7. The minimum atomic E-state index is -5.38. The highest BCUT2D eigenvalue weighted by atomic mass is 32.2. The zero-order valence-electron chi connectivity index (χ0n) is 35.8. The summed E-state index contributed by atoms with van der Waals surface area (Å²) in [4.78, 5) is 43.6. The maximum atomic E-state index is 12.7. The topological polar surface area (TPSA) is 192 Å². The van der Waals surface area contributed by atoms with E-state index in [0.717, 1.165) is 13.3 Å². The predicted octanol–water partition coefficient (Wildman–Crippen LogP) is 7.63. The van der Waals surface area contributed by atoms with Gasteiger partial charge in [-0.3, -0.25) is 0 Å². The fourth-order valence-corrected chi connectivity index (χ4v) is 5.91. The van der Waals surface area contributed by atoms with Crippen LogP contribution in [-0.2, 0) is 48.1 Å². The van der Waals surface area contributed by atoms with Crippen LogP contribution in [0.3, 0.4) is 0 Å². The van der Waals surface area contributed by atoms with E-state index in [2.05, 4.69) is 40.5 Å². The lowest BCUT2D eigenvalue weighted by Gasteiger charge is -2.34. The van der Waals surface area contributed by atoms with Crippen LogP contribution in [0.1, 0.15) is 80.6 Å². The molecule has 372 valence electrons. The molecule has 0 spiro atoms. The summed E-state index contributed by atoms with van der Waals surface area (Å²) in [5.41, 5.74) is -10.4. The second-order valence-corrected chi connectivity index (χ2v) is 17.1. The van der Waals surface area contributed by atoms with Crippen molar-refractivity contribution in [2.75, 3.05) is 19.8 Å². The third kappa shape index (κ3) is 22.6. The molecule has 0 amide bonds. The van der Waals surface area contributed by atoms with E-state index in [-0.39, 0.29) is 47.0 Å². The highest BCUT2D eigenvalue weighted by Gasteiger charge is 2.55. The molecule has 0 aromatic rings. The van der Waals surface area contributed by atoms with Gasteiger partial charge in [0.15, 0.2) is 17.8 Å². The van der Waals surface area contributed by atoms with E-state index < -0.39 is 101 Å². The first-order valence-electron chi connectivity index (χ1n) is 18.5. The van der Waals surface area contributed by atoms with Gasteiger partial charge in [0.25, 0.3) is 0 Å². The molecule has 0 aromatic carbocycles. The van der Waals surface area contributed by atoms with Crippen molar-refractivity contribution in [1.29, 1.82) is 0 Å². The lowest BCUT2D eigenvalue weighted by Crippen LogP contribution is -2.45. The molecular formula is C38H53F12NO12S. The standard InChI is InChI=1S/C15H21F3O3.C10H15F3O3.C7H10F3NO4S.C6H7F3O2/c1-8(2)13(19)21-12-6-9-4-10(12)5-11(9)7-14(3,20)15(16,17)18;1-6(2)8(14)16-7(3)5-9(4,15)10(11,12)13;1-5(2)6(12)15-4-3-11-16(13,14)7(8,9)10;1-4(2)5(10)11-3-6(7,8)9/h9-12,20H,1,4-7H2,2-3H3;7,15H,1,5H2,2-4H3;11H,1,3-4H2,2H3;1,3H2,2H3. The van der Waals surface area contributed by atoms with Gasteiger partial charge < -0.3 is 29.2 Å². The first kappa shape index (κ1) is 61.9. The third-order valence-electron chi connectivity index (χ3n) is 8.76. The third-order valence-corrected chi connectivity index (χ3v) is 9.96. The lowest BCUT2D eigenvalue weighted by molar-refractivity contribution is -0.261. The lowest BCUT2D eigenvalue weighted by atomic mass is 9.80. The van der Waals surface area contributed by atoms with Gasteiger partial charge in [0.05, 0.1) is 0 Å². The summed E-state index contributed by atoms with van der Waals surface area (Å²) in [5.74, 6) is -3.00. The van der Waals surface area contributed by atoms with E-state index in [4.69, 9.17) is 9.84 Å². The van der Waals surface area contributed by atoms with Crippen molar-refractivity contribution >= 4 is 33.9 Å². The molecule has 0 radical (unpaired) electrons. The molecule has 0 aliphatic heterocycles. The number of carbonyl (C=O) groups is 4. The monoisotopic (exact) mass is 975 g/mol. The molecule has 0 aromatic heterocycles. The zero-order valence-corrected chi connectivity index (χ0v) is 36.6. The molecule has 2 bridgehead atoms. The number of aliphatic hydroxyl groups is 2. The molecular weight excluding hydrogens is 922 g/mol. The van der Waals surface area contributed by atoms with Crippen LogP contribution in [0.5, 0.6) is 0 Å². The average Bonchev–Trinajstić information content (AvgIpc) is 3.67. The van der Waals surface area contributed by atoms with E-state index in [9.17, 15) is 85.4 Å². The van der Waals surface area contributed by atoms with Crippen LogP contribution in [0.2, 0.25) is 0 Å². The molecule has 2 rings (SSSR count). The number of esters is 4. The SMILES string of the molecule is C=C(C)C(=O)OC(C)CC(C)(O)C(F)(F)F.C=C(C)C(=O)OC1CC2CC1CC2CC(C)(O)C(F)(F)F.C=C(C)C(=O)OCC(F)(F)F.C=C(C)C(=O)OCCNS(=O)(=O)C(F)(F)F. The number of ether oxygens (including phenoxy) is 4. The molecule has 2 saturated carbocycles. The molecule has 0 saturated heterocycles. The highest BCUT2D eigenvalue weighted by Crippen LogP contribution is 2.53. The van der Waals surface area contributed by atoms with Crippen molar-refractivity contribution in [1.82, 2.24) is 4.72 Å². The molecule has 2 fully saturated rings.